The van der Waals surface area contributed by atoms with Gasteiger partial charge in [0, 0.05) is 34.6 Å². The van der Waals surface area contributed by atoms with E-state index in [1.165, 1.54) is 67.8 Å². The Hall–Kier alpha value is -3.35. The van der Waals surface area contributed by atoms with Crippen molar-refractivity contribution in [2.24, 2.45) is 0 Å². The second-order valence-corrected chi connectivity index (χ2v) is 11.9. The summed E-state index contributed by atoms with van der Waals surface area (Å²) in [4.78, 5) is 8.13. The average molecular weight is 580 g/mol. The van der Waals surface area contributed by atoms with Crippen LogP contribution in [0.1, 0.15) is 114 Å². The van der Waals surface area contributed by atoms with Gasteiger partial charge in [0.2, 0.25) is 0 Å². The van der Waals surface area contributed by atoms with Crippen molar-refractivity contribution < 1.29 is 0 Å². The maximum Gasteiger partial charge on any atom is 0.0995 e. The van der Waals surface area contributed by atoms with Crippen LogP contribution in [-0.4, -0.2) is 9.97 Å². The number of H-pyrrole nitrogens is 1. The minimum Gasteiger partial charge on any atom is -0.359 e. The lowest BCUT2D eigenvalue weighted by Crippen LogP contribution is -2.03. The van der Waals surface area contributed by atoms with E-state index in [2.05, 4.69) is 66.5 Å². The van der Waals surface area contributed by atoms with Crippen molar-refractivity contribution in [2.45, 2.75) is 103 Å². The molecule has 0 aliphatic rings. The number of nitriles is 1. The van der Waals surface area contributed by atoms with E-state index in [0.717, 1.165) is 55.0 Å². The molecule has 0 saturated carbocycles. The van der Waals surface area contributed by atoms with Crippen LogP contribution in [0.25, 0.3) is 27.2 Å². The summed E-state index contributed by atoms with van der Waals surface area (Å²) in [6.07, 6.45) is 27.7. The van der Waals surface area contributed by atoms with Gasteiger partial charge in [0.15, 0.2) is 0 Å². The molecule has 2 aromatic heterocycles. The molecule has 1 atom stereocenters. The van der Waals surface area contributed by atoms with Crippen LogP contribution in [-0.2, 0) is 0 Å². The molecule has 0 bridgehead atoms. The van der Waals surface area contributed by atoms with Crippen molar-refractivity contribution in [3.8, 4) is 6.07 Å². The van der Waals surface area contributed by atoms with E-state index in [0.29, 0.717) is 16.5 Å². The van der Waals surface area contributed by atoms with Crippen LogP contribution in [0.2, 0.25) is 5.02 Å². The van der Waals surface area contributed by atoms with Crippen molar-refractivity contribution in [1.82, 2.24) is 9.97 Å². The highest BCUT2D eigenvalue weighted by atomic mass is 35.5. The number of unbranched alkanes of at least 4 members (excludes halogenated alkanes) is 9. The zero-order valence-electron chi connectivity index (χ0n) is 25.3. The molecule has 0 aliphatic carbocycles. The molecule has 0 radical (unpaired) electrons. The number of aromatic amines is 1. The van der Waals surface area contributed by atoms with Crippen LogP contribution in [0.4, 0.5) is 0 Å². The molecule has 2 heterocycles. The molecule has 1 unspecified atom stereocenters. The van der Waals surface area contributed by atoms with E-state index >= 15 is 0 Å². The van der Waals surface area contributed by atoms with Gasteiger partial charge in [-0.05, 0) is 68.9 Å². The van der Waals surface area contributed by atoms with Gasteiger partial charge in [-0.15, -0.1) is 0 Å². The lowest BCUT2D eigenvalue weighted by molar-refractivity contribution is 0.518. The summed E-state index contributed by atoms with van der Waals surface area (Å²) in [6, 6.07) is 19.0. The van der Waals surface area contributed by atoms with Gasteiger partial charge < -0.3 is 4.98 Å². The fourth-order valence-electron chi connectivity index (χ4n) is 5.98. The number of nitrogens with one attached hydrogen (secondary N) is 1. The zero-order valence-corrected chi connectivity index (χ0v) is 26.0. The van der Waals surface area contributed by atoms with Crippen LogP contribution in [0.5, 0.6) is 0 Å². The highest BCUT2D eigenvalue weighted by molar-refractivity contribution is 6.35. The topological polar surface area (TPSA) is 52.5 Å². The number of allylic oxidation sites excluding steroid dienone is 4. The van der Waals surface area contributed by atoms with Gasteiger partial charge in [-0.1, -0.05) is 112 Å². The molecule has 42 heavy (non-hydrogen) atoms. The number of fused-ring (bicyclic) bond motifs is 2. The first-order valence-electron chi connectivity index (χ1n) is 16.1. The highest BCUT2D eigenvalue weighted by Crippen LogP contribution is 2.33. The Morgan fingerprint density at radius 2 is 1.60 bits per heavy atom. The fourth-order valence-corrected chi connectivity index (χ4v) is 6.21. The zero-order chi connectivity index (χ0) is 29.4. The quantitative estimate of drug-likeness (QED) is 0.0723. The van der Waals surface area contributed by atoms with Crippen LogP contribution in [0.3, 0.4) is 0 Å². The summed E-state index contributed by atoms with van der Waals surface area (Å²) in [5, 5.41) is 14.1. The number of halogens is 1. The van der Waals surface area contributed by atoms with Crippen LogP contribution in [0.15, 0.2) is 79.2 Å². The summed E-state index contributed by atoms with van der Waals surface area (Å²) in [5.74, 6) is 0.443. The van der Waals surface area contributed by atoms with Crippen molar-refractivity contribution in [3.05, 3.63) is 95.4 Å². The van der Waals surface area contributed by atoms with E-state index in [9.17, 15) is 5.26 Å². The first-order chi connectivity index (χ1) is 20.7. The highest BCUT2D eigenvalue weighted by Gasteiger charge is 2.16. The monoisotopic (exact) mass is 579 g/mol. The number of hydrogen-bond acceptors (Lipinski definition) is 2. The maximum atomic E-state index is 9.87. The number of aromatic nitrogens is 2. The number of benzene rings is 2. The molecule has 0 saturated heterocycles. The molecule has 0 aliphatic heterocycles. The molecule has 0 fully saturated rings. The van der Waals surface area contributed by atoms with Gasteiger partial charge in [-0.25, -0.2) is 0 Å². The Labute approximate surface area is 257 Å². The molecule has 220 valence electrons. The summed E-state index contributed by atoms with van der Waals surface area (Å²) in [6.45, 7) is 2.27. The summed E-state index contributed by atoms with van der Waals surface area (Å²) in [7, 11) is 0. The summed E-state index contributed by atoms with van der Waals surface area (Å²) >= 11 is 6.33. The molecule has 3 nitrogen and oxygen atoms in total. The average Bonchev–Trinajstić information content (AvgIpc) is 3.45. The number of pyridine rings is 1. The fraction of sp³-hybridized carbons (Fsp3) is 0.421. The molecule has 1 N–H and O–H groups in total. The maximum absolute atomic E-state index is 9.87. The normalized spacial score (nSPS) is 12.8. The molecule has 0 amide bonds. The molecular formula is C38H46ClN3. The Morgan fingerprint density at radius 3 is 2.45 bits per heavy atom. The lowest BCUT2D eigenvalue weighted by Gasteiger charge is -2.18. The molecule has 4 heteroatoms. The molecule has 0 spiro atoms. The van der Waals surface area contributed by atoms with Gasteiger partial charge in [0.25, 0.3) is 0 Å². The van der Waals surface area contributed by atoms with Crippen molar-refractivity contribution in [3.63, 3.8) is 0 Å². The molecular weight excluding hydrogens is 534 g/mol. The Balaban J connectivity index is 1.31. The Kier molecular flexibility index (Phi) is 13.2. The Bertz CT molecular complexity index is 1480. The summed E-state index contributed by atoms with van der Waals surface area (Å²) in [5.41, 5.74) is 3.77. The first kappa shape index (κ1) is 31.6. The summed E-state index contributed by atoms with van der Waals surface area (Å²) < 4.78 is 0. The van der Waals surface area contributed by atoms with E-state index in [1.54, 1.807) is 0 Å². The Morgan fingerprint density at radius 1 is 0.857 bits per heavy atom. The third-order valence-electron chi connectivity index (χ3n) is 8.34. The number of rotatable bonds is 18. The number of nitrogens with zero attached hydrogens (tertiary/aromatic N) is 2. The number of para-hydroxylation sites is 1. The van der Waals surface area contributed by atoms with Crippen LogP contribution >= 0.6 is 11.6 Å². The smallest absolute Gasteiger partial charge is 0.0995 e. The third kappa shape index (κ3) is 9.07. The standard InChI is InChI=1S/C38H46ClN3/c1-2-3-4-5-6-7-8-9-10-11-13-20-31(37-33-23-17-16-19-30(33)26-27-41-37)21-14-12-15-22-32(28-40)35-29-42-38-34(35)24-18-25-36(38)39/h9-10,16-19,22-27,29,31,42H,2-8,11-15,20-21H2,1H3/b10-9-,32-22+. The van der Waals surface area contributed by atoms with E-state index in [4.69, 9.17) is 16.6 Å². The SMILES string of the molecule is CCCCCCCC/C=C\CCCC(CCCC/C=C(\C#N)c1c[nH]c2c(Cl)cccc12)c1nccc2ccccc12. The number of hydrogen-bond donors (Lipinski definition) is 1. The van der Waals surface area contributed by atoms with Crippen molar-refractivity contribution in [1.29, 1.82) is 5.26 Å². The second kappa shape index (κ2) is 17.6. The van der Waals surface area contributed by atoms with Crippen LogP contribution < -0.4 is 0 Å². The first-order valence-corrected chi connectivity index (χ1v) is 16.5. The lowest BCUT2D eigenvalue weighted by atomic mass is 9.89. The molecule has 2 aromatic carbocycles. The van der Waals surface area contributed by atoms with Gasteiger partial charge in [0.05, 0.1) is 27.9 Å². The van der Waals surface area contributed by atoms with Gasteiger partial charge in [-0.2, -0.15) is 5.26 Å². The van der Waals surface area contributed by atoms with Gasteiger partial charge >= 0.3 is 0 Å². The minimum atomic E-state index is 0.443. The predicted molar refractivity (Wildman–Crippen MR) is 181 cm³/mol. The van der Waals surface area contributed by atoms with Gasteiger partial charge in [0.1, 0.15) is 0 Å². The van der Waals surface area contributed by atoms with E-state index in [-0.39, 0.29) is 0 Å². The largest absolute Gasteiger partial charge is 0.359 e. The van der Waals surface area contributed by atoms with Gasteiger partial charge in [-0.3, -0.25) is 4.98 Å². The molecule has 4 rings (SSSR count). The molecule has 4 aromatic rings. The van der Waals surface area contributed by atoms with E-state index < -0.39 is 0 Å². The van der Waals surface area contributed by atoms with Crippen molar-refractivity contribution >= 4 is 38.8 Å². The predicted octanol–water partition coefficient (Wildman–Crippen LogP) is 12.1. The van der Waals surface area contributed by atoms with Crippen molar-refractivity contribution in [2.75, 3.05) is 0 Å². The minimum absolute atomic E-state index is 0.443. The third-order valence-corrected chi connectivity index (χ3v) is 8.65. The second-order valence-electron chi connectivity index (χ2n) is 11.5. The van der Waals surface area contributed by atoms with Crippen LogP contribution in [0, 0.1) is 11.3 Å². The van der Waals surface area contributed by atoms with E-state index in [1.807, 2.05) is 30.6 Å².